The molecular formula is C14H27IN4O2S2. The van der Waals surface area contributed by atoms with Crippen LogP contribution in [0.5, 0.6) is 0 Å². The van der Waals surface area contributed by atoms with Gasteiger partial charge in [0.2, 0.25) is 10.0 Å². The van der Waals surface area contributed by atoms with Crippen molar-refractivity contribution in [1.82, 2.24) is 15.4 Å². The van der Waals surface area contributed by atoms with E-state index in [0.717, 1.165) is 6.54 Å². The van der Waals surface area contributed by atoms with Gasteiger partial charge in [0, 0.05) is 19.1 Å². The average Bonchev–Trinajstić information content (AvgIpc) is 2.98. The number of aliphatic imine (C=N–C) groups is 1. The highest BCUT2D eigenvalue weighted by molar-refractivity contribution is 14.0. The van der Waals surface area contributed by atoms with Gasteiger partial charge in [-0.2, -0.15) is 0 Å². The Morgan fingerprint density at radius 3 is 2.57 bits per heavy atom. The minimum Gasteiger partial charge on any atom is -0.357 e. The molecule has 0 spiro atoms. The van der Waals surface area contributed by atoms with E-state index < -0.39 is 10.0 Å². The van der Waals surface area contributed by atoms with Gasteiger partial charge in [-0.15, -0.1) is 35.3 Å². The first-order valence-corrected chi connectivity index (χ1v) is 9.81. The van der Waals surface area contributed by atoms with E-state index in [2.05, 4.69) is 41.1 Å². The highest BCUT2D eigenvalue weighted by atomic mass is 127. The minimum atomic E-state index is -3.41. The van der Waals surface area contributed by atoms with Gasteiger partial charge in [-0.05, 0) is 31.2 Å². The molecule has 23 heavy (non-hydrogen) atoms. The van der Waals surface area contributed by atoms with Gasteiger partial charge in [0.05, 0.1) is 6.54 Å². The Kier molecular flexibility index (Phi) is 11.0. The summed E-state index contributed by atoms with van der Waals surface area (Å²) in [7, 11) is -3.41. The van der Waals surface area contributed by atoms with Crippen LogP contribution in [0.2, 0.25) is 0 Å². The summed E-state index contributed by atoms with van der Waals surface area (Å²) < 4.78 is 26.8. The van der Waals surface area contributed by atoms with E-state index in [4.69, 9.17) is 0 Å². The van der Waals surface area contributed by atoms with Crippen molar-refractivity contribution >= 4 is 51.3 Å². The van der Waals surface area contributed by atoms with Crippen LogP contribution in [0.3, 0.4) is 0 Å². The highest BCUT2D eigenvalue weighted by Crippen LogP contribution is 2.14. The standard InChI is InChI=1S/C14H26N4O2S2.HI/c1-5-15-14(18-12(4)11(2)3)16-8-9-17-22(19,20)13-7-6-10-21-13;/h6-7,10-12,17H,5,8-9H2,1-4H3,(H2,15,16,18);1H. The van der Waals surface area contributed by atoms with Crippen LogP contribution in [0.25, 0.3) is 0 Å². The van der Waals surface area contributed by atoms with Gasteiger partial charge >= 0.3 is 0 Å². The van der Waals surface area contributed by atoms with Crippen molar-refractivity contribution in [2.75, 3.05) is 19.6 Å². The molecule has 1 aromatic heterocycles. The maximum atomic E-state index is 12.0. The van der Waals surface area contributed by atoms with Crippen LogP contribution in [0.1, 0.15) is 27.7 Å². The van der Waals surface area contributed by atoms with Gasteiger partial charge < -0.3 is 10.6 Å². The van der Waals surface area contributed by atoms with Gasteiger partial charge in [0.25, 0.3) is 0 Å². The van der Waals surface area contributed by atoms with Gasteiger partial charge in [-0.3, -0.25) is 4.99 Å². The van der Waals surface area contributed by atoms with Crippen molar-refractivity contribution in [2.24, 2.45) is 10.9 Å². The summed E-state index contributed by atoms with van der Waals surface area (Å²) in [5.41, 5.74) is 0. The molecule has 0 fully saturated rings. The summed E-state index contributed by atoms with van der Waals surface area (Å²) in [4.78, 5) is 4.39. The molecule has 0 aliphatic rings. The van der Waals surface area contributed by atoms with Crippen molar-refractivity contribution in [3.8, 4) is 0 Å². The number of nitrogens with zero attached hydrogens (tertiary/aromatic N) is 1. The molecule has 0 bridgehead atoms. The third-order valence-corrected chi connectivity index (χ3v) is 6.00. The molecule has 134 valence electrons. The monoisotopic (exact) mass is 474 g/mol. The van der Waals surface area contributed by atoms with E-state index in [1.54, 1.807) is 17.5 Å². The van der Waals surface area contributed by atoms with Crippen molar-refractivity contribution < 1.29 is 8.42 Å². The molecular weight excluding hydrogens is 447 g/mol. The summed E-state index contributed by atoms with van der Waals surface area (Å²) in [5, 5.41) is 8.21. The third kappa shape index (κ3) is 8.32. The number of hydrogen-bond acceptors (Lipinski definition) is 4. The maximum Gasteiger partial charge on any atom is 0.250 e. The minimum absolute atomic E-state index is 0. The summed E-state index contributed by atoms with van der Waals surface area (Å²) in [6.45, 7) is 9.77. The number of hydrogen-bond donors (Lipinski definition) is 3. The fourth-order valence-electron chi connectivity index (χ4n) is 1.54. The summed E-state index contributed by atoms with van der Waals surface area (Å²) in [6.07, 6.45) is 0. The Bertz CT molecular complexity index is 559. The predicted octanol–water partition coefficient (Wildman–Crippen LogP) is 2.24. The molecule has 0 saturated heterocycles. The van der Waals surface area contributed by atoms with Gasteiger partial charge in [0.1, 0.15) is 4.21 Å². The second kappa shape index (κ2) is 11.2. The topological polar surface area (TPSA) is 82.6 Å². The smallest absolute Gasteiger partial charge is 0.250 e. The Morgan fingerprint density at radius 1 is 1.35 bits per heavy atom. The van der Waals surface area contributed by atoms with Crippen LogP contribution in [0.15, 0.2) is 26.7 Å². The summed E-state index contributed by atoms with van der Waals surface area (Å²) in [5.74, 6) is 1.19. The number of guanidine groups is 1. The lowest BCUT2D eigenvalue weighted by Crippen LogP contribution is -2.44. The van der Waals surface area contributed by atoms with Crippen LogP contribution in [0.4, 0.5) is 0 Å². The van der Waals surface area contributed by atoms with E-state index in [-0.39, 0.29) is 30.5 Å². The molecule has 0 aromatic carbocycles. The maximum absolute atomic E-state index is 12.0. The zero-order valence-corrected chi connectivity index (χ0v) is 18.0. The second-order valence-corrected chi connectivity index (χ2v) is 8.21. The van der Waals surface area contributed by atoms with Crippen molar-refractivity contribution in [1.29, 1.82) is 0 Å². The first kappa shape index (κ1) is 22.6. The molecule has 3 N–H and O–H groups in total. The fourth-order valence-corrected chi connectivity index (χ4v) is 3.60. The lowest BCUT2D eigenvalue weighted by Gasteiger charge is -2.20. The Hall–Kier alpha value is -0.390. The van der Waals surface area contributed by atoms with Crippen molar-refractivity contribution in [3.05, 3.63) is 17.5 Å². The van der Waals surface area contributed by atoms with Crippen LogP contribution < -0.4 is 15.4 Å². The first-order chi connectivity index (χ1) is 10.4. The normalized spacial score (nSPS) is 13.5. The molecule has 1 rings (SSSR count). The van der Waals surface area contributed by atoms with E-state index in [9.17, 15) is 8.42 Å². The molecule has 0 saturated carbocycles. The molecule has 0 radical (unpaired) electrons. The molecule has 0 aliphatic heterocycles. The van der Waals surface area contributed by atoms with Crippen LogP contribution in [-0.4, -0.2) is 40.1 Å². The first-order valence-electron chi connectivity index (χ1n) is 7.44. The van der Waals surface area contributed by atoms with E-state index in [0.29, 0.717) is 28.7 Å². The lowest BCUT2D eigenvalue weighted by molar-refractivity contribution is 0.481. The Morgan fingerprint density at radius 2 is 2.04 bits per heavy atom. The molecule has 6 nitrogen and oxygen atoms in total. The Labute approximate surface area is 160 Å². The number of nitrogens with one attached hydrogen (secondary N) is 3. The van der Waals surface area contributed by atoms with Crippen molar-refractivity contribution in [3.63, 3.8) is 0 Å². The van der Waals surface area contributed by atoms with Gasteiger partial charge in [-0.1, -0.05) is 19.9 Å². The summed E-state index contributed by atoms with van der Waals surface area (Å²) in [6, 6.07) is 3.60. The lowest BCUT2D eigenvalue weighted by atomic mass is 10.1. The second-order valence-electron chi connectivity index (χ2n) is 5.27. The number of halogens is 1. The zero-order valence-electron chi connectivity index (χ0n) is 14.0. The fraction of sp³-hybridized carbons (Fsp3) is 0.643. The molecule has 1 heterocycles. The molecule has 0 amide bonds. The molecule has 9 heteroatoms. The van der Waals surface area contributed by atoms with Crippen molar-refractivity contribution in [2.45, 2.75) is 37.9 Å². The summed E-state index contributed by atoms with van der Waals surface area (Å²) >= 11 is 1.20. The zero-order chi connectivity index (χ0) is 16.6. The van der Waals surface area contributed by atoms with E-state index >= 15 is 0 Å². The number of sulfonamides is 1. The highest BCUT2D eigenvalue weighted by Gasteiger charge is 2.14. The third-order valence-electron chi connectivity index (χ3n) is 3.14. The average molecular weight is 474 g/mol. The van der Waals surface area contributed by atoms with E-state index in [1.165, 1.54) is 11.3 Å². The largest absolute Gasteiger partial charge is 0.357 e. The number of rotatable bonds is 8. The van der Waals surface area contributed by atoms with Gasteiger partial charge in [0.15, 0.2) is 5.96 Å². The van der Waals surface area contributed by atoms with Gasteiger partial charge in [-0.25, -0.2) is 13.1 Å². The van der Waals surface area contributed by atoms with Crippen LogP contribution in [-0.2, 0) is 10.0 Å². The quantitative estimate of drug-likeness (QED) is 0.234. The predicted molar refractivity (Wildman–Crippen MR) is 108 cm³/mol. The van der Waals surface area contributed by atoms with Crippen LogP contribution >= 0.6 is 35.3 Å². The SMILES string of the molecule is CCNC(=NCCNS(=O)(=O)c1cccs1)NC(C)C(C)C.I. The molecule has 1 unspecified atom stereocenters. The van der Waals surface area contributed by atoms with Crippen LogP contribution in [0, 0.1) is 5.92 Å². The molecule has 0 aliphatic carbocycles. The molecule has 1 atom stereocenters. The van der Waals surface area contributed by atoms with E-state index in [1.807, 2.05) is 6.92 Å². The molecule has 1 aromatic rings. The Balaban J connectivity index is 0.00000484. The number of thiophene rings is 1.